The highest BCUT2D eigenvalue weighted by atomic mass is 19.4. The van der Waals surface area contributed by atoms with Crippen LogP contribution < -0.4 is 5.69 Å². The molecule has 2 N–H and O–H groups in total. The first-order chi connectivity index (χ1) is 11.7. The van der Waals surface area contributed by atoms with Gasteiger partial charge in [0.2, 0.25) is 0 Å². The van der Waals surface area contributed by atoms with Crippen LogP contribution in [0.4, 0.5) is 13.2 Å². The Hall–Kier alpha value is -2.36. The second-order valence-corrected chi connectivity index (χ2v) is 6.38. The molecule has 7 nitrogen and oxygen atoms in total. The van der Waals surface area contributed by atoms with Crippen molar-refractivity contribution in [2.75, 3.05) is 32.7 Å². The van der Waals surface area contributed by atoms with E-state index in [-0.39, 0.29) is 42.8 Å². The third-order valence-electron chi connectivity index (χ3n) is 4.07. The van der Waals surface area contributed by atoms with E-state index in [1.54, 1.807) is 6.07 Å². The van der Waals surface area contributed by atoms with E-state index in [9.17, 15) is 22.8 Å². The number of amides is 1. The van der Waals surface area contributed by atoms with Gasteiger partial charge in [-0.1, -0.05) is 6.92 Å². The van der Waals surface area contributed by atoms with Crippen molar-refractivity contribution >= 4 is 17.1 Å². The first kappa shape index (κ1) is 17.5. The molecule has 0 aromatic carbocycles. The topological polar surface area (TPSA) is 85.1 Å². The Labute approximate surface area is 140 Å². The molecule has 3 heterocycles. The Balaban J connectivity index is 1.75. The number of imidazole rings is 1. The van der Waals surface area contributed by atoms with E-state index < -0.39 is 18.4 Å². The monoisotopic (exact) mass is 357 g/mol. The van der Waals surface area contributed by atoms with Crippen LogP contribution in [-0.2, 0) is 0 Å². The molecule has 1 unspecified atom stereocenters. The van der Waals surface area contributed by atoms with Gasteiger partial charge >= 0.3 is 11.9 Å². The number of pyridine rings is 1. The van der Waals surface area contributed by atoms with Gasteiger partial charge in [0.1, 0.15) is 5.69 Å². The van der Waals surface area contributed by atoms with E-state index >= 15 is 0 Å². The van der Waals surface area contributed by atoms with Crippen LogP contribution in [0.15, 0.2) is 16.9 Å². The van der Waals surface area contributed by atoms with E-state index in [0.717, 1.165) is 0 Å². The summed E-state index contributed by atoms with van der Waals surface area (Å²) < 4.78 is 37.8. The number of hydrogen-bond donors (Lipinski definition) is 2. The minimum atomic E-state index is -4.26. The van der Waals surface area contributed by atoms with E-state index in [1.807, 2.05) is 6.92 Å². The molecule has 2 aromatic rings. The molecule has 10 heteroatoms. The smallest absolute Gasteiger partial charge is 0.336 e. The predicted octanol–water partition coefficient (Wildman–Crippen LogP) is 1.21. The fourth-order valence-corrected chi connectivity index (χ4v) is 3.10. The molecule has 2 aromatic heterocycles. The average Bonchev–Trinajstić information content (AvgIpc) is 2.77. The van der Waals surface area contributed by atoms with Gasteiger partial charge in [-0.2, -0.15) is 13.2 Å². The van der Waals surface area contributed by atoms with Gasteiger partial charge in [0, 0.05) is 26.2 Å². The second-order valence-electron chi connectivity index (χ2n) is 6.38. The summed E-state index contributed by atoms with van der Waals surface area (Å²) >= 11 is 0. The zero-order valence-electron chi connectivity index (χ0n) is 13.6. The van der Waals surface area contributed by atoms with Crippen LogP contribution in [0.3, 0.4) is 0 Å². The summed E-state index contributed by atoms with van der Waals surface area (Å²) in [4.78, 5) is 35.9. The van der Waals surface area contributed by atoms with Gasteiger partial charge in [-0.25, -0.2) is 9.78 Å². The molecule has 0 spiro atoms. The van der Waals surface area contributed by atoms with Crippen LogP contribution >= 0.6 is 0 Å². The van der Waals surface area contributed by atoms with E-state index in [1.165, 1.54) is 15.9 Å². The van der Waals surface area contributed by atoms with Gasteiger partial charge in [-0.15, -0.1) is 0 Å². The summed E-state index contributed by atoms with van der Waals surface area (Å²) in [5.41, 5.74) is 0.497. The molecule has 1 saturated heterocycles. The van der Waals surface area contributed by atoms with Crippen molar-refractivity contribution < 1.29 is 18.0 Å². The number of aromatic amines is 2. The van der Waals surface area contributed by atoms with Crippen molar-refractivity contribution in [1.29, 1.82) is 0 Å². The number of nitrogens with one attached hydrogen (secondary N) is 2. The maximum atomic E-state index is 12.7. The maximum Gasteiger partial charge on any atom is 0.401 e. The summed E-state index contributed by atoms with van der Waals surface area (Å²) in [5.74, 6) is -0.450. The summed E-state index contributed by atoms with van der Waals surface area (Å²) in [6.07, 6.45) is -4.26. The zero-order valence-corrected chi connectivity index (χ0v) is 13.6. The third kappa shape index (κ3) is 4.19. The van der Waals surface area contributed by atoms with Gasteiger partial charge in [0.25, 0.3) is 5.91 Å². The number of H-pyrrole nitrogens is 2. The fourth-order valence-electron chi connectivity index (χ4n) is 3.10. The summed E-state index contributed by atoms with van der Waals surface area (Å²) in [7, 11) is 0. The molecule has 0 saturated carbocycles. The predicted molar refractivity (Wildman–Crippen MR) is 84.3 cm³/mol. The lowest BCUT2D eigenvalue weighted by Gasteiger charge is -2.22. The van der Waals surface area contributed by atoms with E-state index in [0.29, 0.717) is 12.1 Å². The Morgan fingerprint density at radius 3 is 2.76 bits per heavy atom. The molecular weight excluding hydrogens is 339 g/mol. The van der Waals surface area contributed by atoms with Gasteiger partial charge in [0.15, 0.2) is 5.65 Å². The van der Waals surface area contributed by atoms with Crippen molar-refractivity contribution in [1.82, 2.24) is 24.8 Å². The summed E-state index contributed by atoms with van der Waals surface area (Å²) in [5, 5.41) is 0. The number of carbonyl (C=O) groups is 1. The minimum absolute atomic E-state index is 0.0930. The molecule has 25 heavy (non-hydrogen) atoms. The van der Waals surface area contributed by atoms with Crippen LogP contribution in [0, 0.1) is 5.92 Å². The Kier molecular flexibility index (Phi) is 4.55. The second kappa shape index (κ2) is 6.51. The Morgan fingerprint density at radius 1 is 1.28 bits per heavy atom. The summed E-state index contributed by atoms with van der Waals surface area (Å²) in [6.45, 7) is 1.82. The lowest BCUT2D eigenvalue weighted by atomic mass is 10.1. The lowest BCUT2D eigenvalue weighted by Crippen LogP contribution is -2.38. The molecule has 1 atom stereocenters. The largest absolute Gasteiger partial charge is 0.401 e. The maximum absolute atomic E-state index is 12.7. The highest BCUT2D eigenvalue weighted by Crippen LogP contribution is 2.20. The van der Waals surface area contributed by atoms with Crippen molar-refractivity contribution in [3.05, 3.63) is 28.3 Å². The molecule has 3 rings (SSSR count). The number of aromatic nitrogens is 3. The van der Waals surface area contributed by atoms with Gasteiger partial charge in [-0.05, 0) is 18.1 Å². The molecule has 1 amide bonds. The lowest BCUT2D eigenvalue weighted by molar-refractivity contribution is -0.146. The molecule has 1 aliphatic rings. The van der Waals surface area contributed by atoms with E-state index in [2.05, 4.69) is 15.0 Å². The van der Waals surface area contributed by atoms with Crippen LogP contribution in [0.2, 0.25) is 0 Å². The molecule has 1 aliphatic heterocycles. The van der Waals surface area contributed by atoms with Crippen molar-refractivity contribution in [2.24, 2.45) is 5.92 Å². The highest BCUT2D eigenvalue weighted by Gasteiger charge is 2.33. The average molecular weight is 357 g/mol. The number of alkyl halides is 3. The number of fused-ring (bicyclic) bond motifs is 1. The van der Waals surface area contributed by atoms with Crippen LogP contribution in [0.1, 0.15) is 17.4 Å². The molecule has 136 valence electrons. The van der Waals surface area contributed by atoms with Gasteiger partial charge < -0.3 is 9.88 Å². The van der Waals surface area contributed by atoms with Crippen LogP contribution in [-0.4, -0.2) is 69.6 Å². The molecule has 1 fully saturated rings. The van der Waals surface area contributed by atoms with Gasteiger partial charge in [0.05, 0.1) is 12.1 Å². The molecule has 0 radical (unpaired) electrons. The SMILES string of the molecule is CC1CN(CC(F)(F)F)CCN(C(=O)c2ccc3[nH]c(=O)[nH]c3n2)C1. The van der Waals surface area contributed by atoms with Crippen molar-refractivity contribution in [3.63, 3.8) is 0 Å². The number of halogens is 3. The number of rotatable bonds is 2. The van der Waals surface area contributed by atoms with E-state index in [4.69, 9.17) is 0 Å². The normalized spacial score (nSPS) is 20.0. The van der Waals surface area contributed by atoms with Gasteiger partial charge in [-0.3, -0.25) is 14.7 Å². The van der Waals surface area contributed by atoms with Crippen LogP contribution in [0.5, 0.6) is 0 Å². The molecule has 0 bridgehead atoms. The molecular formula is C15H18F3N5O2. The van der Waals surface area contributed by atoms with Crippen molar-refractivity contribution in [3.8, 4) is 0 Å². The number of nitrogens with zero attached hydrogens (tertiary/aromatic N) is 3. The number of carbonyl (C=O) groups excluding carboxylic acids is 1. The Morgan fingerprint density at radius 2 is 2.04 bits per heavy atom. The summed E-state index contributed by atoms with van der Waals surface area (Å²) in [6, 6.07) is 3.07. The quantitative estimate of drug-likeness (QED) is 0.846. The van der Waals surface area contributed by atoms with Crippen LogP contribution in [0.25, 0.3) is 11.2 Å². The highest BCUT2D eigenvalue weighted by molar-refractivity contribution is 5.94. The third-order valence-corrected chi connectivity index (χ3v) is 4.07. The Bertz CT molecular complexity index is 828. The minimum Gasteiger partial charge on any atom is -0.336 e. The zero-order chi connectivity index (χ0) is 18.2. The first-order valence-corrected chi connectivity index (χ1v) is 7.89. The molecule has 0 aliphatic carbocycles. The first-order valence-electron chi connectivity index (χ1n) is 7.89. The number of hydrogen-bond acceptors (Lipinski definition) is 4. The van der Waals surface area contributed by atoms with Crippen molar-refractivity contribution in [2.45, 2.75) is 13.1 Å². The fraction of sp³-hybridized carbons (Fsp3) is 0.533. The standard InChI is InChI=1S/C15H18F3N5O2/c1-9-6-22(8-15(16,17)18)4-5-23(7-9)13(24)11-3-2-10-12(19-11)21-14(25)20-10/h2-3,9H,4-8H2,1H3,(H2,19,20,21,25).